The molecule has 0 spiro atoms. The lowest BCUT2D eigenvalue weighted by atomic mass is 9.90. The van der Waals surface area contributed by atoms with Crippen LogP contribution in [0, 0.1) is 5.92 Å². The molecule has 0 atom stereocenters. The molecule has 182 valence electrons. The molecule has 1 heterocycles. The number of carbonyl (C=O) groups is 2. The first-order valence-electron chi connectivity index (χ1n) is 12.2. The molecule has 0 radical (unpaired) electrons. The van der Waals surface area contributed by atoms with Gasteiger partial charge in [0.15, 0.2) is 0 Å². The Hall–Kier alpha value is -3.06. The average molecular weight is 466 g/mol. The number of anilines is 1. The topological polar surface area (TPSA) is 79.9 Å². The third-order valence-corrected chi connectivity index (χ3v) is 6.69. The molecule has 2 amide bonds. The lowest BCUT2D eigenvalue weighted by Crippen LogP contribution is -2.39. The third-order valence-electron chi connectivity index (χ3n) is 6.69. The van der Waals surface area contributed by atoms with Crippen LogP contribution in [0.1, 0.15) is 48.0 Å². The van der Waals surface area contributed by atoms with Crippen LogP contribution in [0.25, 0.3) is 0 Å². The normalized spacial score (nSPS) is 16.6. The van der Waals surface area contributed by atoms with Crippen molar-refractivity contribution in [2.45, 2.75) is 44.6 Å². The number of para-hydroxylation sites is 1. The first-order chi connectivity index (χ1) is 16.5. The van der Waals surface area contributed by atoms with Gasteiger partial charge < -0.3 is 20.1 Å². The second-order valence-electron chi connectivity index (χ2n) is 9.32. The number of hydrogen-bond donors (Lipinski definition) is 2. The van der Waals surface area contributed by atoms with Crippen LogP contribution in [-0.4, -0.2) is 56.6 Å². The Morgan fingerprint density at radius 2 is 1.65 bits per heavy atom. The molecule has 2 aromatic rings. The first kappa shape index (κ1) is 24.1. The number of benzene rings is 2. The SMILES string of the molecule is COc1cc(CCC2CCN(CC(=O)Nc3ccccc3C(=O)NC3CC3)CC2)cc(OC)c1. The fourth-order valence-corrected chi connectivity index (χ4v) is 4.49. The van der Waals surface area contributed by atoms with E-state index >= 15 is 0 Å². The fraction of sp³-hybridized carbons (Fsp3) is 0.481. The maximum absolute atomic E-state index is 12.7. The molecule has 2 aromatic carbocycles. The largest absolute Gasteiger partial charge is 0.497 e. The van der Waals surface area contributed by atoms with Crippen molar-refractivity contribution in [1.82, 2.24) is 10.2 Å². The smallest absolute Gasteiger partial charge is 0.253 e. The number of rotatable bonds is 10. The predicted octanol–water partition coefficient (Wildman–Crippen LogP) is 3.88. The van der Waals surface area contributed by atoms with Crippen LogP contribution in [-0.2, 0) is 11.2 Å². The Labute approximate surface area is 201 Å². The van der Waals surface area contributed by atoms with Crippen LogP contribution < -0.4 is 20.1 Å². The molecule has 0 aromatic heterocycles. The van der Waals surface area contributed by atoms with Gasteiger partial charge in [0, 0.05) is 12.1 Å². The summed E-state index contributed by atoms with van der Waals surface area (Å²) in [6.07, 6.45) is 6.32. The van der Waals surface area contributed by atoms with E-state index in [0.717, 1.165) is 63.1 Å². The summed E-state index contributed by atoms with van der Waals surface area (Å²) < 4.78 is 10.8. The number of hydrogen-bond acceptors (Lipinski definition) is 5. The zero-order valence-corrected chi connectivity index (χ0v) is 20.1. The maximum Gasteiger partial charge on any atom is 0.253 e. The van der Waals surface area contributed by atoms with Gasteiger partial charge in [0.2, 0.25) is 5.91 Å². The Kier molecular flexibility index (Phi) is 8.06. The summed E-state index contributed by atoms with van der Waals surface area (Å²) in [6, 6.07) is 13.5. The van der Waals surface area contributed by atoms with E-state index in [0.29, 0.717) is 23.7 Å². The summed E-state index contributed by atoms with van der Waals surface area (Å²) in [5.41, 5.74) is 2.33. The highest BCUT2D eigenvalue weighted by Gasteiger charge is 2.25. The molecule has 4 rings (SSSR count). The molecule has 2 aliphatic rings. The predicted molar refractivity (Wildman–Crippen MR) is 133 cm³/mol. The number of piperidine rings is 1. The van der Waals surface area contributed by atoms with Gasteiger partial charge in [-0.3, -0.25) is 14.5 Å². The van der Waals surface area contributed by atoms with Gasteiger partial charge in [0.1, 0.15) is 11.5 Å². The summed E-state index contributed by atoms with van der Waals surface area (Å²) >= 11 is 0. The minimum atomic E-state index is -0.118. The van der Waals surface area contributed by atoms with Crippen LogP contribution in [0.5, 0.6) is 11.5 Å². The second kappa shape index (κ2) is 11.4. The number of amides is 2. The Balaban J connectivity index is 1.22. The third kappa shape index (κ3) is 6.73. The van der Waals surface area contributed by atoms with Gasteiger partial charge in [-0.25, -0.2) is 0 Å². The number of carbonyl (C=O) groups excluding carboxylic acids is 2. The monoisotopic (exact) mass is 465 g/mol. The Bertz CT molecular complexity index is 975. The van der Waals surface area contributed by atoms with Gasteiger partial charge >= 0.3 is 0 Å². The van der Waals surface area contributed by atoms with Crippen molar-refractivity contribution in [3.63, 3.8) is 0 Å². The Morgan fingerprint density at radius 1 is 0.971 bits per heavy atom. The number of aryl methyl sites for hydroxylation is 1. The minimum absolute atomic E-state index is 0.0754. The molecule has 2 N–H and O–H groups in total. The lowest BCUT2D eigenvalue weighted by molar-refractivity contribution is -0.117. The van der Waals surface area contributed by atoms with Crippen molar-refractivity contribution in [2.24, 2.45) is 5.92 Å². The summed E-state index contributed by atoms with van der Waals surface area (Å²) in [4.78, 5) is 27.4. The molecule has 2 fully saturated rings. The summed E-state index contributed by atoms with van der Waals surface area (Å²) in [5.74, 6) is 2.09. The number of nitrogens with zero attached hydrogens (tertiary/aromatic N) is 1. The van der Waals surface area contributed by atoms with E-state index in [-0.39, 0.29) is 17.9 Å². The summed E-state index contributed by atoms with van der Waals surface area (Å²) in [5, 5.41) is 5.94. The quantitative estimate of drug-likeness (QED) is 0.557. The lowest BCUT2D eigenvalue weighted by Gasteiger charge is -2.31. The molecule has 1 aliphatic carbocycles. The fourth-order valence-electron chi connectivity index (χ4n) is 4.49. The van der Waals surface area contributed by atoms with E-state index in [4.69, 9.17) is 9.47 Å². The zero-order valence-electron chi connectivity index (χ0n) is 20.1. The van der Waals surface area contributed by atoms with Crippen molar-refractivity contribution < 1.29 is 19.1 Å². The van der Waals surface area contributed by atoms with E-state index in [1.807, 2.05) is 18.2 Å². The molecule has 1 saturated carbocycles. The molecule has 34 heavy (non-hydrogen) atoms. The highest BCUT2D eigenvalue weighted by molar-refractivity contribution is 6.04. The van der Waals surface area contributed by atoms with Crippen molar-refractivity contribution in [2.75, 3.05) is 39.2 Å². The van der Waals surface area contributed by atoms with Crippen LogP contribution >= 0.6 is 0 Å². The van der Waals surface area contributed by atoms with Gasteiger partial charge in [0.25, 0.3) is 5.91 Å². The molecule has 0 unspecified atom stereocenters. The van der Waals surface area contributed by atoms with Gasteiger partial charge in [-0.15, -0.1) is 0 Å². The van der Waals surface area contributed by atoms with Crippen LogP contribution in [0.2, 0.25) is 0 Å². The molecular weight excluding hydrogens is 430 g/mol. The van der Waals surface area contributed by atoms with E-state index in [2.05, 4.69) is 27.7 Å². The Morgan fingerprint density at radius 3 is 2.29 bits per heavy atom. The number of methoxy groups -OCH3 is 2. The van der Waals surface area contributed by atoms with E-state index in [9.17, 15) is 9.59 Å². The molecule has 0 bridgehead atoms. The van der Waals surface area contributed by atoms with Gasteiger partial charge in [0.05, 0.1) is 32.0 Å². The van der Waals surface area contributed by atoms with Crippen LogP contribution in [0.4, 0.5) is 5.69 Å². The minimum Gasteiger partial charge on any atom is -0.497 e. The van der Waals surface area contributed by atoms with Crippen molar-refractivity contribution >= 4 is 17.5 Å². The molecule has 1 saturated heterocycles. The number of likely N-dealkylation sites (tertiary alicyclic amines) is 1. The molecule has 7 heteroatoms. The van der Waals surface area contributed by atoms with Crippen LogP contribution in [0.15, 0.2) is 42.5 Å². The van der Waals surface area contributed by atoms with Crippen molar-refractivity contribution in [3.05, 3.63) is 53.6 Å². The molecular formula is C27H35N3O4. The second-order valence-corrected chi connectivity index (χ2v) is 9.32. The first-order valence-corrected chi connectivity index (χ1v) is 12.2. The van der Waals surface area contributed by atoms with E-state index in [1.165, 1.54) is 5.56 Å². The van der Waals surface area contributed by atoms with Gasteiger partial charge in [-0.05, 0) is 87.4 Å². The maximum atomic E-state index is 12.7. The molecule has 7 nitrogen and oxygen atoms in total. The standard InChI is InChI=1S/C27H35N3O4/c1-33-22-15-20(16-23(17-22)34-2)8-7-19-11-13-30(14-12-19)18-26(31)29-25-6-4-3-5-24(25)27(32)28-21-9-10-21/h3-6,15-17,19,21H,7-14,18H2,1-2H3,(H,28,32)(H,29,31). The average Bonchev–Trinajstić information content (AvgIpc) is 3.67. The van der Waals surface area contributed by atoms with Crippen molar-refractivity contribution in [1.29, 1.82) is 0 Å². The van der Waals surface area contributed by atoms with Crippen molar-refractivity contribution in [3.8, 4) is 11.5 Å². The molecule has 1 aliphatic heterocycles. The summed E-state index contributed by atoms with van der Waals surface area (Å²) in [7, 11) is 3.35. The zero-order chi connectivity index (χ0) is 23.9. The number of nitrogens with one attached hydrogen (secondary N) is 2. The van der Waals surface area contributed by atoms with Gasteiger partial charge in [-0.2, -0.15) is 0 Å². The van der Waals surface area contributed by atoms with Crippen LogP contribution in [0.3, 0.4) is 0 Å². The van der Waals surface area contributed by atoms with E-state index < -0.39 is 0 Å². The highest BCUT2D eigenvalue weighted by Crippen LogP contribution is 2.27. The number of ether oxygens (including phenoxy) is 2. The highest BCUT2D eigenvalue weighted by atomic mass is 16.5. The summed E-state index contributed by atoms with van der Waals surface area (Å²) in [6.45, 7) is 2.16. The van der Waals surface area contributed by atoms with Gasteiger partial charge in [-0.1, -0.05) is 12.1 Å². The van der Waals surface area contributed by atoms with E-state index in [1.54, 1.807) is 26.4 Å².